The van der Waals surface area contributed by atoms with Gasteiger partial charge in [-0.1, -0.05) is 35.4 Å². The van der Waals surface area contributed by atoms with Gasteiger partial charge < -0.3 is 18.9 Å². The van der Waals surface area contributed by atoms with E-state index in [0.717, 1.165) is 84.3 Å². The zero-order valence-electron chi connectivity index (χ0n) is 26.6. The summed E-state index contributed by atoms with van der Waals surface area (Å²) in [5.74, 6) is 3.00. The number of ether oxygens (including phenoxy) is 4. The van der Waals surface area contributed by atoms with E-state index in [0.29, 0.717) is 0 Å². The number of allylic oxidation sites excluding steroid dienone is 2. The maximum Gasteiger partial charge on any atom is 0.144 e. The molecule has 0 amide bonds. The van der Waals surface area contributed by atoms with E-state index >= 15 is 0 Å². The minimum atomic E-state index is 0.739. The van der Waals surface area contributed by atoms with Crippen molar-refractivity contribution < 1.29 is 18.9 Å². The summed E-state index contributed by atoms with van der Waals surface area (Å²) in [6.07, 6.45) is 18.8. The van der Waals surface area contributed by atoms with Crippen molar-refractivity contribution in [1.29, 1.82) is 0 Å². The Hall–Kier alpha value is -4.60. The molecule has 44 heavy (non-hydrogen) atoms. The predicted octanol–water partition coefficient (Wildman–Crippen LogP) is 7.15. The third kappa shape index (κ3) is 10.3. The van der Waals surface area contributed by atoms with E-state index in [-0.39, 0.29) is 0 Å². The average Bonchev–Trinajstić information content (AvgIpc) is 3.74. The van der Waals surface area contributed by atoms with Crippen molar-refractivity contribution in [2.75, 3.05) is 28.4 Å². The van der Waals surface area contributed by atoms with Gasteiger partial charge in [0, 0.05) is 12.1 Å². The van der Waals surface area contributed by atoms with E-state index in [1.165, 1.54) is 25.7 Å². The van der Waals surface area contributed by atoms with E-state index < -0.39 is 0 Å². The quantitative estimate of drug-likeness (QED) is 0.0875. The number of unbranched alkanes of at least 4 members (excludes halogenated alkanes) is 6. The molecule has 2 heterocycles. The topological polar surface area (TPSA) is 98.3 Å². The van der Waals surface area contributed by atoms with Gasteiger partial charge in [0.15, 0.2) is 0 Å². The summed E-state index contributed by atoms with van der Waals surface area (Å²) in [6.45, 7) is 7.47. The Labute approximate surface area is 261 Å². The highest BCUT2D eigenvalue weighted by Crippen LogP contribution is 2.28. The fourth-order valence-corrected chi connectivity index (χ4v) is 4.56. The highest BCUT2D eigenvalue weighted by atomic mass is 16.5. The van der Waals surface area contributed by atoms with E-state index in [2.05, 4.69) is 33.8 Å². The number of nitrogens with zero attached hydrogens (tertiary/aromatic N) is 6. The number of aryl methyl sites for hydroxylation is 2. The van der Waals surface area contributed by atoms with Gasteiger partial charge in [0.05, 0.1) is 52.2 Å². The zero-order valence-corrected chi connectivity index (χ0v) is 26.6. The average molecular weight is 603 g/mol. The Bertz CT molecular complexity index is 1320. The monoisotopic (exact) mass is 602 g/mol. The summed E-state index contributed by atoms with van der Waals surface area (Å²) in [7, 11) is 6.56. The second-order valence-electron chi connectivity index (χ2n) is 10.2. The van der Waals surface area contributed by atoms with Gasteiger partial charge in [0.2, 0.25) is 0 Å². The van der Waals surface area contributed by atoms with E-state index in [1.807, 2.05) is 60.9 Å². The minimum Gasteiger partial charge on any atom is -0.497 e. The van der Waals surface area contributed by atoms with E-state index in [4.69, 9.17) is 18.9 Å². The first-order chi connectivity index (χ1) is 21.6. The highest BCUT2D eigenvalue weighted by Gasteiger charge is 2.11. The van der Waals surface area contributed by atoms with Crippen LogP contribution in [0.4, 0.5) is 0 Å². The Morgan fingerprint density at radius 2 is 1.02 bits per heavy atom. The highest BCUT2D eigenvalue weighted by molar-refractivity contribution is 5.51. The van der Waals surface area contributed by atoms with Crippen LogP contribution in [0, 0.1) is 0 Å². The number of benzene rings is 2. The summed E-state index contributed by atoms with van der Waals surface area (Å²) in [5, 5.41) is 16.9. The van der Waals surface area contributed by atoms with Crippen molar-refractivity contribution in [2.45, 2.75) is 64.2 Å². The summed E-state index contributed by atoms with van der Waals surface area (Å²) < 4.78 is 24.8. The van der Waals surface area contributed by atoms with Crippen LogP contribution >= 0.6 is 0 Å². The van der Waals surface area contributed by atoms with Gasteiger partial charge in [-0.05, 0) is 75.6 Å². The first-order valence-corrected chi connectivity index (χ1v) is 15.1. The lowest BCUT2D eigenvalue weighted by molar-refractivity contribution is 0.400. The summed E-state index contributed by atoms with van der Waals surface area (Å²) in [6, 6.07) is 11.2. The number of hydrogen-bond donors (Lipinski definition) is 0. The molecule has 2 aromatic heterocycles. The van der Waals surface area contributed by atoms with Crippen molar-refractivity contribution in [3.63, 3.8) is 0 Å². The molecule has 2 aromatic carbocycles. The number of rotatable bonds is 18. The standard InChI is InChI=1S/2C17H23N3O2/c2*1-4-5-6-7-8-9-14-13-20(19-18-14)16-12-15(21-2)10-11-17(16)22-3/h2*4,10-13H,1,5-9H2,2-3H3. The van der Waals surface area contributed by atoms with Crippen LogP contribution in [0.2, 0.25) is 0 Å². The molecule has 0 unspecified atom stereocenters. The Morgan fingerprint density at radius 1 is 0.591 bits per heavy atom. The van der Waals surface area contributed by atoms with Crippen LogP contribution in [-0.4, -0.2) is 58.4 Å². The van der Waals surface area contributed by atoms with Crippen LogP contribution in [0.25, 0.3) is 11.4 Å². The number of methoxy groups -OCH3 is 4. The second kappa shape index (κ2) is 18.8. The number of aromatic nitrogens is 6. The van der Waals surface area contributed by atoms with Gasteiger partial charge in [-0.3, -0.25) is 0 Å². The third-order valence-corrected chi connectivity index (χ3v) is 7.03. The maximum atomic E-state index is 5.38. The van der Waals surface area contributed by atoms with E-state index in [9.17, 15) is 0 Å². The van der Waals surface area contributed by atoms with E-state index in [1.54, 1.807) is 37.8 Å². The molecule has 10 heteroatoms. The lowest BCUT2D eigenvalue weighted by atomic mass is 10.1. The van der Waals surface area contributed by atoms with Gasteiger partial charge in [0.25, 0.3) is 0 Å². The fraction of sp³-hybridized carbons (Fsp3) is 0.412. The van der Waals surface area contributed by atoms with Crippen LogP contribution < -0.4 is 18.9 Å². The van der Waals surface area contributed by atoms with Crippen molar-refractivity contribution >= 4 is 0 Å². The number of hydrogen-bond acceptors (Lipinski definition) is 8. The summed E-state index contributed by atoms with van der Waals surface area (Å²) in [5.41, 5.74) is 3.63. The third-order valence-electron chi connectivity index (χ3n) is 7.03. The molecule has 0 aliphatic rings. The van der Waals surface area contributed by atoms with Crippen molar-refractivity contribution in [3.05, 3.63) is 85.5 Å². The van der Waals surface area contributed by atoms with Gasteiger partial charge in [-0.15, -0.1) is 23.4 Å². The maximum absolute atomic E-state index is 5.38. The van der Waals surface area contributed by atoms with Gasteiger partial charge in [0.1, 0.15) is 34.4 Å². The molecule has 0 radical (unpaired) electrons. The molecule has 0 bridgehead atoms. The first-order valence-electron chi connectivity index (χ1n) is 15.1. The van der Waals surface area contributed by atoms with Crippen LogP contribution in [0.5, 0.6) is 23.0 Å². The lowest BCUT2D eigenvalue weighted by Gasteiger charge is -2.09. The van der Waals surface area contributed by atoms with Crippen molar-refractivity contribution in [3.8, 4) is 34.4 Å². The van der Waals surface area contributed by atoms with Crippen molar-refractivity contribution in [2.24, 2.45) is 0 Å². The molecule has 10 nitrogen and oxygen atoms in total. The van der Waals surface area contributed by atoms with Crippen LogP contribution in [0.1, 0.15) is 62.8 Å². The largest absolute Gasteiger partial charge is 0.497 e. The van der Waals surface area contributed by atoms with Crippen LogP contribution in [-0.2, 0) is 12.8 Å². The van der Waals surface area contributed by atoms with Gasteiger partial charge in [-0.2, -0.15) is 0 Å². The molecular formula is C34H46N6O4. The van der Waals surface area contributed by atoms with Gasteiger partial charge >= 0.3 is 0 Å². The molecule has 0 atom stereocenters. The fourth-order valence-electron chi connectivity index (χ4n) is 4.56. The second-order valence-corrected chi connectivity index (χ2v) is 10.2. The molecule has 0 saturated carbocycles. The normalized spacial score (nSPS) is 10.5. The molecule has 0 saturated heterocycles. The molecular weight excluding hydrogens is 556 g/mol. The molecule has 4 rings (SSSR count). The molecule has 0 N–H and O–H groups in total. The molecule has 236 valence electrons. The molecule has 4 aromatic rings. The van der Waals surface area contributed by atoms with Crippen LogP contribution in [0.3, 0.4) is 0 Å². The molecule has 0 spiro atoms. The van der Waals surface area contributed by atoms with Crippen LogP contribution in [0.15, 0.2) is 74.1 Å². The minimum absolute atomic E-state index is 0.739. The summed E-state index contributed by atoms with van der Waals surface area (Å²) in [4.78, 5) is 0. The van der Waals surface area contributed by atoms with Crippen molar-refractivity contribution in [1.82, 2.24) is 30.0 Å². The summed E-state index contributed by atoms with van der Waals surface area (Å²) >= 11 is 0. The Balaban J connectivity index is 0.000000240. The predicted molar refractivity (Wildman–Crippen MR) is 174 cm³/mol. The zero-order chi connectivity index (χ0) is 31.6. The first kappa shape index (κ1) is 33.9. The SMILES string of the molecule is C=CCCCCCc1cn(-c2cc(OC)ccc2OC)nn1.C=CCCCCCc1cn(-c2cc(OC)ccc2OC)nn1. The smallest absolute Gasteiger partial charge is 0.144 e. The Morgan fingerprint density at radius 3 is 1.39 bits per heavy atom. The van der Waals surface area contributed by atoms with Gasteiger partial charge in [-0.25, -0.2) is 9.36 Å². The molecule has 0 aliphatic heterocycles. The Kier molecular flexibility index (Phi) is 14.5. The molecule has 0 fully saturated rings. The lowest BCUT2D eigenvalue weighted by Crippen LogP contribution is -1.99. The molecule has 0 aliphatic carbocycles.